The highest BCUT2D eigenvalue weighted by Gasteiger charge is 2.12. The van der Waals surface area contributed by atoms with Gasteiger partial charge < -0.3 is 4.90 Å². The molecule has 0 fully saturated rings. The fourth-order valence-corrected chi connectivity index (χ4v) is 3.58. The monoisotopic (exact) mass is 443 g/mol. The van der Waals surface area contributed by atoms with Crippen molar-refractivity contribution in [1.82, 2.24) is 4.90 Å². The van der Waals surface area contributed by atoms with Gasteiger partial charge in [-0.15, -0.1) is 0 Å². The van der Waals surface area contributed by atoms with Crippen LogP contribution in [0.15, 0.2) is 30.3 Å². The Balaban J connectivity index is 0.00000122. The highest BCUT2D eigenvalue weighted by molar-refractivity contribution is 7.80. The average Bonchev–Trinajstić information content (AvgIpc) is 2.72. The summed E-state index contributed by atoms with van der Waals surface area (Å²) in [6.45, 7) is 2.29. The van der Waals surface area contributed by atoms with Crippen LogP contribution in [-0.4, -0.2) is 39.1 Å². The quantitative estimate of drug-likeness (QED) is 0.224. The van der Waals surface area contributed by atoms with Gasteiger partial charge in [0.05, 0.1) is 7.11 Å². The first-order valence-corrected chi connectivity index (χ1v) is 12.9. The molecule has 0 saturated carbocycles. The van der Waals surface area contributed by atoms with Crippen LogP contribution in [0.5, 0.6) is 0 Å². The summed E-state index contributed by atoms with van der Waals surface area (Å²) in [5.41, 5.74) is 1.46. The minimum Gasteiger partial charge on any atom is -0.302 e. The second-order valence-electron chi connectivity index (χ2n) is 8.16. The summed E-state index contributed by atoms with van der Waals surface area (Å²) in [6.07, 6.45) is 18.4. The van der Waals surface area contributed by atoms with Crippen LogP contribution in [0, 0.1) is 0 Å². The molecule has 0 amide bonds. The third kappa shape index (κ3) is 17.9. The van der Waals surface area contributed by atoms with E-state index >= 15 is 0 Å². The molecule has 30 heavy (non-hydrogen) atoms. The molecule has 1 N–H and O–H groups in total. The molecule has 1 unspecified atom stereocenters. The summed E-state index contributed by atoms with van der Waals surface area (Å²) in [4.78, 5) is 2.37. The molecule has 0 aliphatic rings. The van der Waals surface area contributed by atoms with Crippen LogP contribution in [0.2, 0.25) is 0 Å². The summed E-state index contributed by atoms with van der Waals surface area (Å²) in [6, 6.07) is 11.5. The van der Waals surface area contributed by atoms with Crippen LogP contribution in [0.25, 0.3) is 0 Å². The zero-order valence-electron chi connectivity index (χ0n) is 19.7. The summed E-state index contributed by atoms with van der Waals surface area (Å²) < 4.78 is 29.7. The highest BCUT2D eigenvalue weighted by Crippen LogP contribution is 2.24. The molecule has 1 aromatic carbocycles. The van der Waals surface area contributed by atoms with Gasteiger partial charge in [0.15, 0.2) is 0 Å². The molecule has 1 rings (SSSR count). The predicted octanol–water partition coefficient (Wildman–Crippen LogP) is 6.82. The van der Waals surface area contributed by atoms with E-state index in [9.17, 15) is 8.42 Å². The van der Waals surface area contributed by atoms with E-state index < -0.39 is 10.4 Å². The van der Waals surface area contributed by atoms with Crippen molar-refractivity contribution in [2.45, 2.75) is 96.4 Å². The first-order chi connectivity index (χ1) is 14.3. The van der Waals surface area contributed by atoms with E-state index in [4.69, 9.17) is 4.55 Å². The fourth-order valence-electron chi connectivity index (χ4n) is 3.58. The Morgan fingerprint density at radius 3 is 1.60 bits per heavy atom. The standard InChI is InChI=1S/C23H41N.CH4O4S/c1-4-5-6-7-8-9-10-11-12-13-14-18-21-23(24(2)3)22-19-16-15-17-20-22;1-5-6(2,3)4/h15-17,19-20,23H,4-14,18,21H2,1-3H3;1H3,(H,2,3,4). The Morgan fingerprint density at radius 1 is 0.833 bits per heavy atom. The van der Waals surface area contributed by atoms with Crippen LogP contribution in [0.4, 0.5) is 0 Å². The van der Waals surface area contributed by atoms with E-state index in [0.717, 1.165) is 7.11 Å². The number of unbranched alkanes of at least 4 members (excludes halogenated alkanes) is 11. The lowest BCUT2D eigenvalue weighted by molar-refractivity contribution is 0.276. The van der Waals surface area contributed by atoms with E-state index in [2.05, 4.69) is 60.4 Å². The Labute approximate surface area is 186 Å². The van der Waals surface area contributed by atoms with Crippen molar-refractivity contribution in [2.75, 3.05) is 21.2 Å². The molecule has 6 heteroatoms. The molecule has 0 spiro atoms. The molecule has 0 bridgehead atoms. The minimum absolute atomic E-state index is 0.578. The van der Waals surface area contributed by atoms with E-state index in [1.54, 1.807) is 0 Å². The maximum absolute atomic E-state index is 9.33. The number of benzene rings is 1. The van der Waals surface area contributed by atoms with Gasteiger partial charge in [-0.05, 0) is 26.1 Å². The number of hydrogen-bond donors (Lipinski definition) is 1. The zero-order chi connectivity index (χ0) is 22.7. The second kappa shape index (κ2) is 18.8. The van der Waals surface area contributed by atoms with Gasteiger partial charge in [0.2, 0.25) is 0 Å². The van der Waals surface area contributed by atoms with Crippen molar-refractivity contribution >= 4 is 10.4 Å². The lowest BCUT2D eigenvalue weighted by Crippen LogP contribution is -2.19. The van der Waals surface area contributed by atoms with Crippen molar-refractivity contribution in [3.05, 3.63) is 35.9 Å². The highest BCUT2D eigenvalue weighted by atomic mass is 32.3. The maximum Gasteiger partial charge on any atom is 0.397 e. The summed E-state index contributed by atoms with van der Waals surface area (Å²) in [5.74, 6) is 0. The van der Waals surface area contributed by atoms with Gasteiger partial charge in [-0.25, -0.2) is 0 Å². The minimum atomic E-state index is -4.16. The van der Waals surface area contributed by atoms with Crippen molar-refractivity contribution < 1.29 is 17.2 Å². The Bertz CT molecular complexity index is 590. The van der Waals surface area contributed by atoms with Crippen molar-refractivity contribution in [1.29, 1.82) is 0 Å². The van der Waals surface area contributed by atoms with Gasteiger partial charge in [0.25, 0.3) is 0 Å². The van der Waals surface area contributed by atoms with Crippen molar-refractivity contribution in [3.8, 4) is 0 Å². The first kappa shape index (κ1) is 29.1. The van der Waals surface area contributed by atoms with Gasteiger partial charge in [0, 0.05) is 6.04 Å². The van der Waals surface area contributed by atoms with Crippen LogP contribution in [0.1, 0.15) is 102 Å². The third-order valence-electron chi connectivity index (χ3n) is 5.35. The van der Waals surface area contributed by atoms with E-state index in [0.29, 0.717) is 6.04 Å². The third-order valence-corrected chi connectivity index (χ3v) is 5.77. The van der Waals surface area contributed by atoms with Crippen LogP contribution in [-0.2, 0) is 14.6 Å². The number of hydrogen-bond acceptors (Lipinski definition) is 4. The molecule has 1 aromatic rings. The average molecular weight is 444 g/mol. The van der Waals surface area contributed by atoms with E-state index in [1.807, 2.05) is 0 Å². The van der Waals surface area contributed by atoms with E-state index in [-0.39, 0.29) is 0 Å². The van der Waals surface area contributed by atoms with Crippen LogP contribution >= 0.6 is 0 Å². The van der Waals surface area contributed by atoms with Gasteiger partial charge >= 0.3 is 10.4 Å². The van der Waals surface area contributed by atoms with Crippen molar-refractivity contribution in [3.63, 3.8) is 0 Å². The summed E-state index contributed by atoms with van der Waals surface area (Å²) in [7, 11) is 1.12. The molecule has 0 saturated heterocycles. The summed E-state index contributed by atoms with van der Waals surface area (Å²) >= 11 is 0. The largest absolute Gasteiger partial charge is 0.397 e. The molecule has 0 aliphatic carbocycles. The fraction of sp³-hybridized carbons (Fsp3) is 0.750. The zero-order valence-corrected chi connectivity index (χ0v) is 20.5. The topological polar surface area (TPSA) is 66.8 Å². The van der Waals surface area contributed by atoms with Gasteiger partial charge in [-0.1, -0.05) is 114 Å². The van der Waals surface area contributed by atoms with Crippen molar-refractivity contribution in [2.24, 2.45) is 0 Å². The number of rotatable bonds is 16. The van der Waals surface area contributed by atoms with Gasteiger partial charge in [-0.2, -0.15) is 8.42 Å². The molecule has 0 heterocycles. The second-order valence-corrected chi connectivity index (χ2v) is 9.35. The smallest absolute Gasteiger partial charge is 0.302 e. The maximum atomic E-state index is 9.33. The van der Waals surface area contributed by atoms with Gasteiger partial charge in [0.1, 0.15) is 0 Å². The van der Waals surface area contributed by atoms with E-state index in [1.165, 1.54) is 89.0 Å². The molecule has 176 valence electrons. The molecule has 0 aliphatic heterocycles. The Morgan fingerprint density at radius 2 is 1.23 bits per heavy atom. The first-order valence-electron chi connectivity index (χ1n) is 11.6. The van der Waals surface area contributed by atoms with Gasteiger partial charge in [-0.3, -0.25) is 8.74 Å². The molecule has 0 radical (unpaired) electrons. The molecular formula is C24H45NO4S. The Kier molecular flexibility index (Phi) is 18.2. The number of nitrogens with zero attached hydrogens (tertiary/aromatic N) is 1. The summed E-state index contributed by atoms with van der Waals surface area (Å²) in [5, 5.41) is 0. The molecule has 0 aromatic heterocycles. The normalized spacial score (nSPS) is 12.5. The molecule has 1 atom stereocenters. The predicted molar refractivity (Wildman–Crippen MR) is 127 cm³/mol. The van der Waals surface area contributed by atoms with Crippen LogP contribution in [0.3, 0.4) is 0 Å². The lowest BCUT2D eigenvalue weighted by atomic mass is 9.98. The SMILES string of the molecule is CCCCCCCCCCCCCCC(c1ccccc1)N(C)C.COS(=O)(=O)O. The Hall–Kier alpha value is -0.950. The lowest BCUT2D eigenvalue weighted by Gasteiger charge is -2.24. The molecular weight excluding hydrogens is 398 g/mol. The van der Waals surface area contributed by atoms with Crippen LogP contribution < -0.4 is 0 Å². The molecule has 5 nitrogen and oxygen atoms in total.